The number of benzene rings is 2. The maximum atomic E-state index is 12.4. The standard InChI is InChI=1S/C48H68O11/c1-7-11-12-13-14-16-35-18-20-38(21-19-35)39-22-24-42(37(8-2)27-39)40-23-25-43(41(28-40)17-15-26-56-48(53)34(5)6)57-31-36(32-58-46(51)29-44(49)54-9-3)33-59-47(52)30-45(50)55-10-4/h22-25,27-28,35-36,38H,5,7-21,26,29-33H2,1-4,6H3. The van der Waals surface area contributed by atoms with Gasteiger partial charge in [0.2, 0.25) is 0 Å². The van der Waals surface area contributed by atoms with E-state index in [1.165, 1.54) is 75.3 Å². The van der Waals surface area contributed by atoms with Crippen molar-refractivity contribution >= 4 is 29.8 Å². The van der Waals surface area contributed by atoms with Gasteiger partial charge in [-0.1, -0.05) is 83.2 Å². The molecule has 326 valence electrons. The van der Waals surface area contributed by atoms with Crippen LogP contribution >= 0.6 is 0 Å². The van der Waals surface area contributed by atoms with Gasteiger partial charge in [0.05, 0.1) is 32.3 Å². The summed E-state index contributed by atoms with van der Waals surface area (Å²) in [6.07, 6.45) is 14.0. The van der Waals surface area contributed by atoms with Gasteiger partial charge in [0.25, 0.3) is 0 Å². The molecule has 3 rings (SSSR count). The molecule has 0 heterocycles. The highest BCUT2D eigenvalue weighted by atomic mass is 16.6. The van der Waals surface area contributed by atoms with E-state index < -0.39 is 48.6 Å². The van der Waals surface area contributed by atoms with Crippen molar-refractivity contribution in [2.75, 3.05) is 39.6 Å². The lowest BCUT2D eigenvalue weighted by Gasteiger charge is -2.29. The molecule has 0 saturated heterocycles. The highest BCUT2D eigenvalue weighted by molar-refractivity contribution is 5.91. The Hall–Kier alpha value is -4.67. The number of hydrogen-bond acceptors (Lipinski definition) is 11. The summed E-state index contributed by atoms with van der Waals surface area (Å²) >= 11 is 0. The van der Waals surface area contributed by atoms with Gasteiger partial charge in [-0.05, 0) is 118 Å². The average molecular weight is 821 g/mol. The summed E-state index contributed by atoms with van der Waals surface area (Å²) < 4.78 is 32.1. The van der Waals surface area contributed by atoms with Crippen molar-refractivity contribution in [2.45, 2.75) is 137 Å². The van der Waals surface area contributed by atoms with E-state index in [9.17, 15) is 24.0 Å². The molecule has 0 aromatic heterocycles. The normalized spacial score (nSPS) is 14.9. The zero-order valence-corrected chi connectivity index (χ0v) is 36.2. The van der Waals surface area contributed by atoms with Crippen LogP contribution in [0, 0.1) is 11.8 Å². The largest absolute Gasteiger partial charge is 0.493 e. The Kier molecular flexibility index (Phi) is 22.4. The Labute approximate surface area is 351 Å². The minimum absolute atomic E-state index is 0.0215. The van der Waals surface area contributed by atoms with Crippen LogP contribution in [0.2, 0.25) is 0 Å². The maximum Gasteiger partial charge on any atom is 0.333 e. The van der Waals surface area contributed by atoms with Crippen LogP contribution in [0.3, 0.4) is 0 Å². The van der Waals surface area contributed by atoms with Gasteiger partial charge >= 0.3 is 29.8 Å². The van der Waals surface area contributed by atoms with Crippen molar-refractivity contribution in [3.63, 3.8) is 0 Å². The van der Waals surface area contributed by atoms with Crippen LogP contribution in [-0.4, -0.2) is 69.5 Å². The van der Waals surface area contributed by atoms with E-state index >= 15 is 0 Å². The fourth-order valence-electron chi connectivity index (χ4n) is 7.43. The molecule has 2 aromatic carbocycles. The van der Waals surface area contributed by atoms with E-state index in [1.807, 2.05) is 12.1 Å². The fraction of sp³-hybridized carbons (Fsp3) is 0.604. The summed E-state index contributed by atoms with van der Waals surface area (Å²) in [6, 6.07) is 13.0. The molecule has 1 aliphatic carbocycles. The molecule has 0 radical (unpaired) electrons. The van der Waals surface area contributed by atoms with E-state index in [0.29, 0.717) is 30.1 Å². The summed E-state index contributed by atoms with van der Waals surface area (Å²) in [5.74, 6) is -2.09. The van der Waals surface area contributed by atoms with Gasteiger partial charge in [-0.2, -0.15) is 0 Å². The summed E-state index contributed by atoms with van der Waals surface area (Å²) in [6.45, 7) is 13.0. The highest BCUT2D eigenvalue weighted by Gasteiger charge is 2.24. The molecule has 11 nitrogen and oxygen atoms in total. The van der Waals surface area contributed by atoms with Crippen LogP contribution in [0.4, 0.5) is 0 Å². The molecule has 0 atom stereocenters. The van der Waals surface area contributed by atoms with Crippen LogP contribution in [-0.2, 0) is 60.5 Å². The van der Waals surface area contributed by atoms with Gasteiger partial charge in [-0.15, -0.1) is 0 Å². The third-order valence-corrected chi connectivity index (χ3v) is 10.7. The molecule has 2 aromatic rings. The number of carbonyl (C=O) groups excluding carboxylic acids is 5. The Bertz CT molecular complexity index is 1620. The molecule has 0 aliphatic heterocycles. The van der Waals surface area contributed by atoms with Crippen molar-refractivity contribution in [1.82, 2.24) is 0 Å². The van der Waals surface area contributed by atoms with E-state index in [1.54, 1.807) is 20.8 Å². The summed E-state index contributed by atoms with van der Waals surface area (Å²) in [7, 11) is 0. The molecular weight excluding hydrogens is 753 g/mol. The molecule has 0 N–H and O–H groups in total. The van der Waals surface area contributed by atoms with Crippen molar-refractivity contribution in [1.29, 1.82) is 0 Å². The lowest BCUT2D eigenvalue weighted by molar-refractivity contribution is -0.156. The van der Waals surface area contributed by atoms with Gasteiger partial charge < -0.3 is 28.4 Å². The topological polar surface area (TPSA) is 141 Å². The average Bonchev–Trinajstić information content (AvgIpc) is 3.22. The number of aryl methyl sites for hydroxylation is 2. The van der Waals surface area contributed by atoms with Crippen LogP contribution in [0.5, 0.6) is 5.75 Å². The monoisotopic (exact) mass is 820 g/mol. The predicted octanol–water partition coefficient (Wildman–Crippen LogP) is 9.59. The first kappa shape index (κ1) is 48.7. The molecule has 1 fully saturated rings. The molecule has 1 aliphatic rings. The summed E-state index contributed by atoms with van der Waals surface area (Å²) in [5, 5.41) is 0. The molecule has 1 saturated carbocycles. The third-order valence-electron chi connectivity index (χ3n) is 10.7. The van der Waals surface area contributed by atoms with Crippen molar-refractivity contribution in [2.24, 2.45) is 11.8 Å². The first-order chi connectivity index (χ1) is 28.5. The van der Waals surface area contributed by atoms with Crippen LogP contribution in [0.15, 0.2) is 48.6 Å². The molecule has 59 heavy (non-hydrogen) atoms. The Balaban J connectivity index is 1.79. The van der Waals surface area contributed by atoms with Crippen molar-refractivity contribution in [3.8, 4) is 16.9 Å². The first-order valence-corrected chi connectivity index (χ1v) is 21.8. The number of carbonyl (C=O) groups is 5. The van der Waals surface area contributed by atoms with Gasteiger partial charge in [0, 0.05) is 5.57 Å². The van der Waals surface area contributed by atoms with Gasteiger partial charge in [-0.25, -0.2) is 4.79 Å². The third kappa shape index (κ3) is 18.0. The SMILES string of the molecule is C=C(C)C(=O)OCCCc1cc(-c2ccc(C3CCC(CCCCCCC)CC3)cc2CC)ccc1OCC(COC(=O)CC(=O)OCC)COC(=O)CC(=O)OCC. The number of rotatable bonds is 27. The Morgan fingerprint density at radius 2 is 1.31 bits per heavy atom. The highest BCUT2D eigenvalue weighted by Crippen LogP contribution is 2.40. The number of ether oxygens (including phenoxy) is 6. The Morgan fingerprint density at radius 1 is 0.678 bits per heavy atom. The van der Waals surface area contributed by atoms with E-state index in [2.05, 4.69) is 44.7 Å². The molecule has 0 unspecified atom stereocenters. The second-order valence-electron chi connectivity index (χ2n) is 15.5. The van der Waals surface area contributed by atoms with Gasteiger partial charge in [0.15, 0.2) is 0 Å². The minimum Gasteiger partial charge on any atom is -0.493 e. The van der Waals surface area contributed by atoms with Crippen LogP contribution in [0.25, 0.3) is 11.1 Å². The summed E-state index contributed by atoms with van der Waals surface area (Å²) in [5.41, 5.74) is 6.10. The van der Waals surface area contributed by atoms with Crippen molar-refractivity contribution in [3.05, 3.63) is 65.2 Å². The molecule has 11 heteroatoms. The zero-order chi connectivity index (χ0) is 43.0. The zero-order valence-electron chi connectivity index (χ0n) is 36.2. The predicted molar refractivity (Wildman–Crippen MR) is 227 cm³/mol. The first-order valence-electron chi connectivity index (χ1n) is 21.8. The quantitative estimate of drug-likeness (QED) is 0.0280. The second-order valence-corrected chi connectivity index (χ2v) is 15.5. The lowest BCUT2D eigenvalue weighted by atomic mass is 9.76. The van der Waals surface area contributed by atoms with Gasteiger partial charge in [0.1, 0.15) is 31.8 Å². The van der Waals surface area contributed by atoms with E-state index in [0.717, 1.165) is 29.0 Å². The van der Waals surface area contributed by atoms with Crippen LogP contribution < -0.4 is 4.74 Å². The smallest absolute Gasteiger partial charge is 0.333 e. The van der Waals surface area contributed by atoms with E-state index in [4.69, 9.17) is 28.4 Å². The van der Waals surface area contributed by atoms with E-state index in [-0.39, 0.29) is 39.6 Å². The lowest BCUT2D eigenvalue weighted by Crippen LogP contribution is -2.27. The number of unbranched alkanes of at least 4 members (excludes halogenated alkanes) is 4. The molecular formula is C48H68O11. The maximum absolute atomic E-state index is 12.4. The molecule has 0 spiro atoms. The second kappa shape index (κ2) is 27.2. The number of esters is 5. The molecule has 0 bridgehead atoms. The van der Waals surface area contributed by atoms with Crippen LogP contribution in [0.1, 0.15) is 141 Å². The minimum atomic E-state index is -0.792. The van der Waals surface area contributed by atoms with Gasteiger partial charge in [-0.3, -0.25) is 19.2 Å². The fourth-order valence-corrected chi connectivity index (χ4v) is 7.43. The Morgan fingerprint density at radius 3 is 1.90 bits per heavy atom. The van der Waals surface area contributed by atoms with Crippen molar-refractivity contribution < 1.29 is 52.4 Å². The number of hydrogen-bond donors (Lipinski definition) is 0. The summed E-state index contributed by atoms with van der Waals surface area (Å²) in [4.78, 5) is 60.5. The molecule has 0 amide bonds.